The second-order valence-electron chi connectivity index (χ2n) is 5.93. The van der Waals surface area contributed by atoms with E-state index in [9.17, 15) is 9.59 Å². The smallest absolute Gasteiger partial charge is 0.242 e. The molecule has 6 nitrogen and oxygen atoms in total. The molecular formula is C17H26N2O4. The molecule has 0 bridgehead atoms. The molecule has 1 atom stereocenters. The van der Waals surface area contributed by atoms with E-state index < -0.39 is 0 Å². The number of rotatable bonds is 8. The molecule has 2 heterocycles. The van der Waals surface area contributed by atoms with Gasteiger partial charge < -0.3 is 19.0 Å². The van der Waals surface area contributed by atoms with E-state index in [2.05, 4.69) is 0 Å². The molecular weight excluding hydrogens is 296 g/mol. The molecule has 128 valence electrons. The first-order chi connectivity index (χ1) is 11.1. The van der Waals surface area contributed by atoms with Crippen molar-refractivity contribution in [2.24, 2.45) is 0 Å². The van der Waals surface area contributed by atoms with Crippen LogP contribution < -0.4 is 0 Å². The Morgan fingerprint density at radius 2 is 2.17 bits per heavy atom. The van der Waals surface area contributed by atoms with Gasteiger partial charge in [-0.2, -0.15) is 0 Å². The van der Waals surface area contributed by atoms with Gasteiger partial charge in [-0.25, -0.2) is 0 Å². The Morgan fingerprint density at radius 1 is 1.35 bits per heavy atom. The van der Waals surface area contributed by atoms with Crippen LogP contribution in [0.4, 0.5) is 0 Å². The van der Waals surface area contributed by atoms with Crippen molar-refractivity contribution < 1.29 is 18.7 Å². The highest BCUT2D eigenvalue weighted by molar-refractivity contribution is 5.83. The number of carbonyl (C=O) groups is 2. The van der Waals surface area contributed by atoms with Crippen LogP contribution >= 0.6 is 0 Å². The van der Waals surface area contributed by atoms with E-state index in [-0.39, 0.29) is 24.5 Å². The summed E-state index contributed by atoms with van der Waals surface area (Å²) in [6.07, 6.45) is 4.50. The molecule has 23 heavy (non-hydrogen) atoms. The number of hydrogen-bond acceptors (Lipinski definition) is 4. The van der Waals surface area contributed by atoms with E-state index in [1.807, 2.05) is 19.1 Å². The van der Waals surface area contributed by atoms with Crippen molar-refractivity contribution in [2.45, 2.75) is 45.8 Å². The topological polar surface area (TPSA) is 63.0 Å². The van der Waals surface area contributed by atoms with Gasteiger partial charge in [-0.3, -0.25) is 9.59 Å². The highest BCUT2D eigenvalue weighted by Crippen LogP contribution is 2.16. The second-order valence-corrected chi connectivity index (χ2v) is 5.93. The molecule has 1 aromatic heterocycles. The fourth-order valence-electron chi connectivity index (χ4n) is 2.76. The lowest BCUT2D eigenvalue weighted by Crippen LogP contribution is -2.44. The molecule has 6 heteroatoms. The van der Waals surface area contributed by atoms with E-state index in [1.165, 1.54) is 6.92 Å². The summed E-state index contributed by atoms with van der Waals surface area (Å²) in [4.78, 5) is 27.7. The number of ether oxygens (including phenoxy) is 1. The summed E-state index contributed by atoms with van der Waals surface area (Å²) in [7, 11) is 0. The molecule has 0 N–H and O–H groups in total. The van der Waals surface area contributed by atoms with E-state index >= 15 is 0 Å². The van der Waals surface area contributed by atoms with Crippen LogP contribution in [-0.2, 0) is 20.9 Å². The SMILES string of the molecule is CCCN(CC(=O)N(Cc1ccco1)C[C@@H]1CCCO1)C(C)=O. The highest BCUT2D eigenvalue weighted by Gasteiger charge is 2.25. The number of furan rings is 1. The Bertz CT molecular complexity index is 495. The van der Waals surface area contributed by atoms with Crippen LogP contribution in [0.1, 0.15) is 38.9 Å². The standard InChI is InChI=1S/C17H26N2O4/c1-3-8-18(14(2)20)13-17(21)19(11-15-6-4-9-22-15)12-16-7-5-10-23-16/h4,6,9,16H,3,5,7-8,10-13H2,1-2H3/t16-/m0/s1. The largest absolute Gasteiger partial charge is 0.467 e. The lowest BCUT2D eigenvalue weighted by Gasteiger charge is -2.28. The normalized spacial score (nSPS) is 17.2. The first-order valence-corrected chi connectivity index (χ1v) is 8.27. The zero-order valence-corrected chi connectivity index (χ0v) is 14.0. The molecule has 1 aliphatic rings. The summed E-state index contributed by atoms with van der Waals surface area (Å²) in [5, 5.41) is 0. The Kier molecular flexibility index (Phi) is 6.65. The monoisotopic (exact) mass is 322 g/mol. The Morgan fingerprint density at radius 3 is 2.74 bits per heavy atom. The fraction of sp³-hybridized carbons (Fsp3) is 0.647. The fourth-order valence-corrected chi connectivity index (χ4v) is 2.76. The zero-order chi connectivity index (χ0) is 16.7. The molecule has 2 amide bonds. The molecule has 0 spiro atoms. The predicted molar refractivity (Wildman–Crippen MR) is 85.6 cm³/mol. The van der Waals surface area contributed by atoms with Crippen molar-refractivity contribution in [3.05, 3.63) is 24.2 Å². The molecule has 1 aromatic rings. The maximum Gasteiger partial charge on any atom is 0.242 e. The minimum atomic E-state index is -0.0738. The molecule has 1 aliphatic heterocycles. The van der Waals surface area contributed by atoms with Crippen molar-refractivity contribution in [1.29, 1.82) is 0 Å². The minimum absolute atomic E-state index is 0.0689. The van der Waals surface area contributed by atoms with Gasteiger partial charge in [0.2, 0.25) is 11.8 Å². The van der Waals surface area contributed by atoms with Crippen LogP contribution in [0.25, 0.3) is 0 Å². The van der Waals surface area contributed by atoms with Gasteiger partial charge in [-0.15, -0.1) is 0 Å². The van der Waals surface area contributed by atoms with E-state index in [0.717, 1.165) is 31.6 Å². The molecule has 0 unspecified atom stereocenters. The van der Waals surface area contributed by atoms with Crippen molar-refractivity contribution in [3.8, 4) is 0 Å². The maximum atomic E-state index is 12.7. The average molecular weight is 322 g/mol. The van der Waals surface area contributed by atoms with E-state index in [0.29, 0.717) is 19.6 Å². The van der Waals surface area contributed by atoms with Crippen LogP contribution in [0.3, 0.4) is 0 Å². The van der Waals surface area contributed by atoms with Gasteiger partial charge in [-0.1, -0.05) is 6.92 Å². The van der Waals surface area contributed by atoms with Crippen molar-refractivity contribution in [3.63, 3.8) is 0 Å². The summed E-state index contributed by atoms with van der Waals surface area (Å²) >= 11 is 0. The highest BCUT2D eigenvalue weighted by atomic mass is 16.5. The third-order valence-corrected chi connectivity index (χ3v) is 3.99. The molecule has 0 aromatic carbocycles. The van der Waals surface area contributed by atoms with Gasteiger partial charge in [-0.05, 0) is 31.4 Å². The summed E-state index contributed by atoms with van der Waals surface area (Å²) < 4.78 is 11.0. The molecule has 2 rings (SSSR count). The third kappa shape index (κ3) is 5.39. The number of hydrogen-bond donors (Lipinski definition) is 0. The first kappa shape index (κ1) is 17.5. The minimum Gasteiger partial charge on any atom is -0.467 e. The lowest BCUT2D eigenvalue weighted by molar-refractivity contribution is -0.141. The molecule has 1 fully saturated rings. The summed E-state index contributed by atoms with van der Waals surface area (Å²) in [5.41, 5.74) is 0. The van der Waals surface area contributed by atoms with Crippen LogP contribution in [0.2, 0.25) is 0 Å². The van der Waals surface area contributed by atoms with Crippen LogP contribution in [0, 0.1) is 0 Å². The van der Waals surface area contributed by atoms with Crippen LogP contribution in [0.15, 0.2) is 22.8 Å². The number of carbonyl (C=O) groups excluding carboxylic acids is 2. The first-order valence-electron chi connectivity index (χ1n) is 8.27. The van der Waals surface area contributed by atoms with Crippen molar-refractivity contribution in [2.75, 3.05) is 26.2 Å². The molecule has 1 saturated heterocycles. The summed E-state index contributed by atoms with van der Waals surface area (Å²) in [6, 6.07) is 3.66. The lowest BCUT2D eigenvalue weighted by atomic mass is 10.2. The van der Waals surface area contributed by atoms with Crippen LogP contribution in [0.5, 0.6) is 0 Å². The van der Waals surface area contributed by atoms with Crippen molar-refractivity contribution >= 4 is 11.8 Å². The van der Waals surface area contributed by atoms with Gasteiger partial charge in [0.25, 0.3) is 0 Å². The second kappa shape index (κ2) is 8.72. The molecule has 0 aliphatic carbocycles. The van der Waals surface area contributed by atoms with E-state index in [4.69, 9.17) is 9.15 Å². The predicted octanol–water partition coefficient (Wildman–Crippen LogP) is 2.05. The maximum absolute atomic E-state index is 12.7. The van der Waals surface area contributed by atoms with Gasteiger partial charge in [0.1, 0.15) is 5.76 Å². The quantitative estimate of drug-likeness (QED) is 0.735. The molecule has 0 saturated carbocycles. The van der Waals surface area contributed by atoms with Gasteiger partial charge in [0, 0.05) is 26.6 Å². The number of nitrogens with zero attached hydrogens (tertiary/aromatic N) is 2. The average Bonchev–Trinajstić information content (AvgIpc) is 3.19. The van der Waals surface area contributed by atoms with Gasteiger partial charge >= 0.3 is 0 Å². The van der Waals surface area contributed by atoms with Crippen LogP contribution in [-0.4, -0.2) is 54.0 Å². The van der Waals surface area contributed by atoms with Crippen molar-refractivity contribution in [1.82, 2.24) is 9.80 Å². The Balaban J connectivity index is 2.01. The number of amides is 2. The van der Waals surface area contributed by atoms with Gasteiger partial charge in [0.15, 0.2) is 0 Å². The Labute approximate surface area is 137 Å². The Hall–Kier alpha value is -1.82. The third-order valence-electron chi connectivity index (χ3n) is 3.99. The molecule has 0 radical (unpaired) electrons. The van der Waals surface area contributed by atoms with Gasteiger partial charge in [0.05, 0.1) is 25.5 Å². The zero-order valence-electron chi connectivity index (χ0n) is 14.0. The van der Waals surface area contributed by atoms with E-state index in [1.54, 1.807) is 16.1 Å². The summed E-state index contributed by atoms with van der Waals surface area (Å²) in [5.74, 6) is 0.594. The summed E-state index contributed by atoms with van der Waals surface area (Å²) in [6.45, 7) is 5.89.